The third-order valence-electron chi connectivity index (χ3n) is 6.26. The highest BCUT2D eigenvalue weighted by atomic mass is 16.5. The Balaban J connectivity index is 0.000000194. The van der Waals surface area contributed by atoms with E-state index in [-0.39, 0.29) is 11.9 Å². The summed E-state index contributed by atoms with van der Waals surface area (Å²) < 4.78 is 10.6. The molecule has 4 heteroatoms. The number of hydrogen-bond donors (Lipinski definition) is 0. The Kier molecular flexibility index (Phi) is 9.27. The van der Waals surface area contributed by atoms with E-state index < -0.39 is 0 Å². The zero-order valence-electron chi connectivity index (χ0n) is 23.2. The largest absolute Gasteiger partial charge is 0.423 e. The van der Waals surface area contributed by atoms with Crippen LogP contribution >= 0.6 is 0 Å². The predicted molar refractivity (Wildman–Crippen MR) is 160 cm³/mol. The number of esters is 2. The zero-order valence-corrected chi connectivity index (χ0v) is 23.2. The van der Waals surface area contributed by atoms with Crippen LogP contribution in [0.3, 0.4) is 0 Å². The first-order chi connectivity index (χ1) is 19.3. The maximum Gasteiger partial charge on any atom is 0.343 e. The molecule has 0 heterocycles. The summed E-state index contributed by atoms with van der Waals surface area (Å²) in [6, 6.07) is 38.0. The molecule has 0 radical (unpaired) electrons. The first-order valence-electron chi connectivity index (χ1n) is 13.1. The highest BCUT2D eigenvalue weighted by molar-refractivity contribution is 5.92. The fourth-order valence-electron chi connectivity index (χ4n) is 3.78. The molecule has 0 saturated heterocycles. The van der Waals surface area contributed by atoms with E-state index in [1.807, 2.05) is 69.3 Å². The maximum absolute atomic E-state index is 12.2. The van der Waals surface area contributed by atoms with Crippen molar-refractivity contribution >= 4 is 11.9 Å². The molecular weight excluding hydrogens is 496 g/mol. The van der Waals surface area contributed by atoms with Crippen molar-refractivity contribution in [3.63, 3.8) is 0 Å². The Labute approximate surface area is 235 Å². The lowest BCUT2D eigenvalue weighted by molar-refractivity contribution is 0.0725. The van der Waals surface area contributed by atoms with Gasteiger partial charge in [0.2, 0.25) is 0 Å². The summed E-state index contributed by atoms with van der Waals surface area (Å²) in [6.45, 7) is 8.03. The minimum absolute atomic E-state index is 0.325. The van der Waals surface area contributed by atoms with Gasteiger partial charge < -0.3 is 9.47 Å². The van der Waals surface area contributed by atoms with Gasteiger partial charge in [0.1, 0.15) is 11.5 Å². The average molecular weight is 529 g/mol. The van der Waals surface area contributed by atoms with Gasteiger partial charge in [0.05, 0.1) is 11.1 Å². The van der Waals surface area contributed by atoms with Crippen molar-refractivity contribution in [1.82, 2.24) is 0 Å². The highest BCUT2D eigenvalue weighted by Gasteiger charge is 2.09. The minimum Gasteiger partial charge on any atom is -0.423 e. The van der Waals surface area contributed by atoms with Gasteiger partial charge in [-0.25, -0.2) is 9.59 Å². The number of hydrogen-bond acceptors (Lipinski definition) is 4. The lowest BCUT2D eigenvalue weighted by Gasteiger charge is -2.06. The smallest absolute Gasteiger partial charge is 0.343 e. The topological polar surface area (TPSA) is 52.6 Å². The second-order valence-corrected chi connectivity index (χ2v) is 9.71. The second-order valence-electron chi connectivity index (χ2n) is 9.71. The van der Waals surface area contributed by atoms with E-state index in [9.17, 15) is 9.59 Å². The Morgan fingerprint density at radius 2 is 0.625 bits per heavy atom. The molecule has 0 atom stereocenters. The van der Waals surface area contributed by atoms with Gasteiger partial charge in [0.15, 0.2) is 0 Å². The number of aryl methyl sites for hydroxylation is 4. The fraction of sp³-hybridized carbons (Fsp3) is 0.111. The van der Waals surface area contributed by atoms with Crippen molar-refractivity contribution in [2.75, 3.05) is 0 Å². The first-order valence-corrected chi connectivity index (χ1v) is 13.1. The van der Waals surface area contributed by atoms with Crippen LogP contribution in [0, 0.1) is 27.7 Å². The highest BCUT2D eigenvalue weighted by Crippen LogP contribution is 2.21. The Hall–Kier alpha value is -4.96. The molecule has 0 aromatic heterocycles. The lowest BCUT2D eigenvalue weighted by atomic mass is 10.0. The minimum atomic E-state index is -0.343. The molecule has 5 aromatic carbocycles. The Morgan fingerprint density at radius 3 is 0.975 bits per heavy atom. The van der Waals surface area contributed by atoms with Crippen molar-refractivity contribution in [2.24, 2.45) is 0 Å². The van der Waals surface area contributed by atoms with Crippen molar-refractivity contribution < 1.29 is 19.1 Å². The molecule has 0 N–H and O–H groups in total. The van der Waals surface area contributed by atoms with E-state index in [4.69, 9.17) is 9.47 Å². The van der Waals surface area contributed by atoms with Crippen LogP contribution in [0.4, 0.5) is 0 Å². The predicted octanol–water partition coefficient (Wildman–Crippen LogP) is 8.71. The van der Waals surface area contributed by atoms with E-state index in [0.717, 1.165) is 27.8 Å². The first kappa shape index (κ1) is 28.1. The van der Waals surface area contributed by atoms with Gasteiger partial charge in [-0.3, -0.25) is 0 Å². The number of carbonyl (C=O) groups excluding carboxylic acids is 2. The molecule has 0 bridgehead atoms. The van der Waals surface area contributed by atoms with Crippen LogP contribution in [0.5, 0.6) is 11.5 Å². The van der Waals surface area contributed by atoms with Gasteiger partial charge in [0.25, 0.3) is 0 Å². The van der Waals surface area contributed by atoms with Gasteiger partial charge in [-0.15, -0.1) is 0 Å². The van der Waals surface area contributed by atoms with Gasteiger partial charge in [-0.1, -0.05) is 95.1 Å². The lowest BCUT2D eigenvalue weighted by Crippen LogP contribution is -2.08. The third kappa shape index (κ3) is 8.02. The molecule has 0 spiro atoms. The quantitative estimate of drug-likeness (QED) is 0.169. The summed E-state index contributed by atoms with van der Waals surface area (Å²) in [5.41, 5.74) is 7.94. The Morgan fingerprint density at radius 1 is 0.375 bits per heavy atom. The van der Waals surface area contributed by atoms with Crippen LogP contribution in [0.2, 0.25) is 0 Å². The fourth-order valence-corrected chi connectivity index (χ4v) is 3.78. The third-order valence-corrected chi connectivity index (χ3v) is 6.26. The van der Waals surface area contributed by atoms with Crippen LogP contribution in [-0.2, 0) is 0 Å². The van der Waals surface area contributed by atoms with Crippen LogP contribution in [0.25, 0.3) is 11.1 Å². The molecule has 200 valence electrons. The summed E-state index contributed by atoms with van der Waals surface area (Å²) in [5.74, 6) is 0.461. The standard InChI is InChI=1S/C21H18O2.C15H14O2/c1-15-3-7-17(8-4-15)18-9-11-19(12-10-18)21(22)23-20-13-5-16(2)6-14-20;1-11-3-7-13(8-4-11)15(16)17-14-9-5-12(2)6-10-14/h3-14H,1-2H3;3-10H,1-2H3. The summed E-state index contributed by atoms with van der Waals surface area (Å²) in [4.78, 5) is 24.0. The van der Waals surface area contributed by atoms with E-state index in [0.29, 0.717) is 22.6 Å². The van der Waals surface area contributed by atoms with Gasteiger partial charge in [-0.2, -0.15) is 0 Å². The number of benzene rings is 5. The molecule has 0 aliphatic carbocycles. The van der Waals surface area contributed by atoms with E-state index in [1.165, 1.54) is 5.56 Å². The van der Waals surface area contributed by atoms with Crippen LogP contribution in [0.15, 0.2) is 121 Å². The molecule has 0 amide bonds. The molecule has 0 aliphatic rings. The number of rotatable bonds is 5. The maximum atomic E-state index is 12.2. The molecule has 40 heavy (non-hydrogen) atoms. The molecule has 0 fully saturated rings. The normalized spacial score (nSPS) is 10.2. The van der Waals surface area contributed by atoms with E-state index in [2.05, 4.69) is 31.2 Å². The molecule has 0 unspecified atom stereocenters. The zero-order chi connectivity index (χ0) is 28.5. The van der Waals surface area contributed by atoms with E-state index in [1.54, 1.807) is 48.5 Å². The van der Waals surface area contributed by atoms with Crippen LogP contribution in [-0.4, -0.2) is 11.9 Å². The van der Waals surface area contributed by atoms with Crippen LogP contribution < -0.4 is 9.47 Å². The van der Waals surface area contributed by atoms with Crippen molar-refractivity contribution in [3.8, 4) is 22.6 Å². The summed E-state index contributed by atoms with van der Waals surface area (Å²) in [7, 11) is 0. The molecular formula is C36H32O4. The molecule has 4 nitrogen and oxygen atoms in total. The van der Waals surface area contributed by atoms with Crippen molar-refractivity contribution in [1.29, 1.82) is 0 Å². The molecule has 0 aliphatic heterocycles. The summed E-state index contributed by atoms with van der Waals surface area (Å²) in [5, 5.41) is 0. The number of ether oxygens (including phenoxy) is 2. The monoisotopic (exact) mass is 528 g/mol. The molecule has 5 rings (SSSR count). The summed E-state index contributed by atoms with van der Waals surface area (Å²) in [6.07, 6.45) is 0. The second kappa shape index (κ2) is 13.2. The molecule has 0 saturated carbocycles. The van der Waals surface area contributed by atoms with Gasteiger partial charge >= 0.3 is 11.9 Å². The Bertz CT molecular complexity index is 1550. The number of carbonyl (C=O) groups is 2. The average Bonchev–Trinajstić information content (AvgIpc) is 2.97. The van der Waals surface area contributed by atoms with E-state index >= 15 is 0 Å². The van der Waals surface area contributed by atoms with Gasteiger partial charge in [-0.05, 0) is 87.4 Å². The van der Waals surface area contributed by atoms with Crippen molar-refractivity contribution in [3.05, 3.63) is 155 Å². The molecule has 5 aromatic rings. The SMILES string of the molecule is Cc1ccc(OC(=O)c2ccc(-c3ccc(C)cc3)cc2)cc1.Cc1ccc(OC(=O)c2ccc(C)cc2)cc1. The van der Waals surface area contributed by atoms with Crippen LogP contribution in [0.1, 0.15) is 43.0 Å². The summed E-state index contributed by atoms with van der Waals surface area (Å²) >= 11 is 0. The van der Waals surface area contributed by atoms with Gasteiger partial charge in [0, 0.05) is 0 Å². The van der Waals surface area contributed by atoms with Crippen molar-refractivity contribution in [2.45, 2.75) is 27.7 Å².